The van der Waals surface area contributed by atoms with Crippen molar-refractivity contribution in [1.29, 1.82) is 0 Å². The van der Waals surface area contributed by atoms with Gasteiger partial charge in [-0.25, -0.2) is 8.78 Å². The summed E-state index contributed by atoms with van der Waals surface area (Å²) in [6.45, 7) is 2.65. The highest BCUT2D eigenvalue weighted by atomic mass is 19.1. The van der Waals surface area contributed by atoms with Crippen LogP contribution in [0.25, 0.3) is 0 Å². The van der Waals surface area contributed by atoms with Crippen LogP contribution in [0.1, 0.15) is 30.5 Å². The number of benzene rings is 2. The summed E-state index contributed by atoms with van der Waals surface area (Å²) in [7, 11) is 0. The fraction of sp³-hybridized carbons (Fsp3) is 0.294. The Balaban J connectivity index is 2.14. The summed E-state index contributed by atoms with van der Waals surface area (Å²) in [5.74, 6) is -0.411. The fourth-order valence-electron chi connectivity index (χ4n) is 2.12. The first-order valence-corrected chi connectivity index (χ1v) is 7.03. The quantitative estimate of drug-likeness (QED) is 0.873. The molecule has 0 amide bonds. The highest BCUT2D eigenvalue weighted by Gasteiger charge is 2.14. The van der Waals surface area contributed by atoms with E-state index in [1.54, 1.807) is 0 Å². The molecule has 1 atom stereocenters. The smallest absolute Gasteiger partial charge is 0.129 e. The average Bonchev–Trinajstić information content (AvgIpc) is 2.49. The Hall–Kier alpha value is -1.94. The standard InChI is InChI=1S/C17H19F2NO/c1-2-9-21-13-6-3-5-12(10-13)17(20)11-14-15(18)7-4-8-16(14)19/h3-8,10,17H,2,9,11,20H2,1H3. The lowest BCUT2D eigenvalue weighted by molar-refractivity contribution is 0.317. The van der Waals surface area contributed by atoms with Crippen LogP contribution in [-0.2, 0) is 6.42 Å². The average molecular weight is 291 g/mol. The van der Waals surface area contributed by atoms with Gasteiger partial charge in [-0.2, -0.15) is 0 Å². The summed E-state index contributed by atoms with van der Waals surface area (Å²) in [6.07, 6.45) is 1.02. The van der Waals surface area contributed by atoms with Gasteiger partial charge in [0.1, 0.15) is 17.4 Å². The topological polar surface area (TPSA) is 35.2 Å². The van der Waals surface area contributed by atoms with Gasteiger partial charge in [0, 0.05) is 11.6 Å². The highest BCUT2D eigenvalue weighted by molar-refractivity contribution is 5.32. The third-order valence-electron chi connectivity index (χ3n) is 3.24. The number of rotatable bonds is 6. The van der Waals surface area contributed by atoms with E-state index in [9.17, 15) is 8.78 Å². The lowest BCUT2D eigenvalue weighted by atomic mass is 9.99. The molecule has 2 rings (SSSR count). The predicted molar refractivity (Wildman–Crippen MR) is 79.2 cm³/mol. The molecule has 2 aromatic rings. The third kappa shape index (κ3) is 4.02. The van der Waals surface area contributed by atoms with Crippen molar-refractivity contribution in [3.63, 3.8) is 0 Å². The van der Waals surface area contributed by atoms with Crippen LogP contribution in [0.4, 0.5) is 8.78 Å². The molecule has 1 unspecified atom stereocenters. The fourth-order valence-corrected chi connectivity index (χ4v) is 2.12. The number of hydrogen-bond donors (Lipinski definition) is 1. The monoisotopic (exact) mass is 291 g/mol. The summed E-state index contributed by atoms with van der Waals surface area (Å²) in [5.41, 5.74) is 6.89. The van der Waals surface area contributed by atoms with E-state index >= 15 is 0 Å². The van der Waals surface area contributed by atoms with Gasteiger partial charge in [0.05, 0.1) is 6.61 Å². The minimum Gasteiger partial charge on any atom is -0.494 e. The van der Waals surface area contributed by atoms with Crippen LogP contribution >= 0.6 is 0 Å². The van der Waals surface area contributed by atoms with Crippen molar-refractivity contribution in [2.75, 3.05) is 6.61 Å². The highest BCUT2D eigenvalue weighted by Crippen LogP contribution is 2.23. The summed E-state index contributed by atoms with van der Waals surface area (Å²) in [4.78, 5) is 0. The summed E-state index contributed by atoms with van der Waals surface area (Å²) in [6, 6.07) is 10.7. The number of hydrogen-bond acceptors (Lipinski definition) is 2. The molecule has 0 bridgehead atoms. The van der Waals surface area contributed by atoms with Gasteiger partial charge in [0.2, 0.25) is 0 Å². The van der Waals surface area contributed by atoms with Crippen LogP contribution in [0.5, 0.6) is 5.75 Å². The molecule has 0 aliphatic carbocycles. The molecule has 0 saturated carbocycles. The number of halogens is 2. The van der Waals surface area contributed by atoms with E-state index in [1.165, 1.54) is 18.2 Å². The molecule has 0 aliphatic rings. The zero-order valence-electron chi connectivity index (χ0n) is 12.0. The summed E-state index contributed by atoms with van der Waals surface area (Å²) >= 11 is 0. The van der Waals surface area contributed by atoms with E-state index in [1.807, 2.05) is 31.2 Å². The van der Waals surface area contributed by atoms with Gasteiger partial charge in [0.15, 0.2) is 0 Å². The van der Waals surface area contributed by atoms with Gasteiger partial charge in [-0.1, -0.05) is 25.1 Å². The molecule has 2 nitrogen and oxygen atoms in total. The molecule has 4 heteroatoms. The second-order valence-electron chi connectivity index (χ2n) is 4.93. The first-order valence-electron chi connectivity index (χ1n) is 7.03. The summed E-state index contributed by atoms with van der Waals surface area (Å²) in [5, 5.41) is 0. The maximum absolute atomic E-state index is 13.7. The molecular formula is C17H19F2NO. The van der Waals surface area contributed by atoms with E-state index in [0.29, 0.717) is 6.61 Å². The van der Waals surface area contributed by atoms with Gasteiger partial charge in [0.25, 0.3) is 0 Å². The van der Waals surface area contributed by atoms with Crippen molar-refractivity contribution in [2.24, 2.45) is 5.73 Å². The van der Waals surface area contributed by atoms with Gasteiger partial charge in [-0.05, 0) is 42.7 Å². The maximum atomic E-state index is 13.7. The van der Waals surface area contributed by atoms with Crippen LogP contribution in [0, 0.1) is 11.6 Å². The second kappa shape index (κ2) is 7.18. The molecule has 0 spiro atoms. The number of nitrogens with two attached hydrogens (primary N) is 1. The molecule has 0 aliphatic heterocycles. The second-order valence-corrected chi connectivity index (χ2v) is 4.93. The lowest BCUT2D eigenvalue weighted by Gasteiger charge is -2.15. The van der Waals surface area contributed by atoms with Gasteiger partial charge < -0.3 is 10.5 Å². The Bertz CT molecular complexity index is 581. The molecule has 0 radical (unpaired) electrons. The zero-order chi connectivity index (χ0) is 15.2. The van der Waals surface area contributed by atoms with E-state index < -0.39 is 17.7 Å². The maximum Gasteiger partial charge on any atom is 0.129 e. The van der Waals surface area contributed by atoms with E-state index in [4.69, 9.17) is 10.5 Å². The lowest BCUT2D eigenvalue weighted by Crippen LogP contribution is -2.15. The first-order chi connectivity index (χ1) is 10.1. The van der Waals surface area contributed by atoms with Gasteiger partial charge >= 0.3 is 0 Å². The van der Waals surface area contributed by atoms with Crippen molar-refractivity contribution in [2.45, 2.75) is 25.8 Å². The Morgan fingerprint density at radius 1 is 1.10 bits per heavy atom. The predicted octanol–water partition coefficient (Wildman–Crippen LogP) is 4.00. The minimum absolute atomic E-state index is 0.0184. The molecular weight excluding hydrogens is 272 g/mol. The van der Waals surface area contributed by atoms with Crippen LogP contribution < -0.4 is 10.5 Å². The van der Waals surface area contributed by atoms with E-state index in [0.717, 1.165) is 17.7 Å². The van der Waals surface area contributed by atoms with Crippen molar-refractivity contribution < 1.29 is 13.5 Å². The zero-order valence-corrected chi connectivity index (χ0v) is 12.0. The van der Waals surface area contributed by atoms with Crippen LogP contribution in [0.3, 0.4) is 0 Å². The molecule has 0 aromatic heterocycles. The molecule has 0 fully saturated rings. The molecule has 2 N–H and O–H groups in total. The van der Waals surface area contributed by atoms with Gasteiger partial charge in [-0.3, -0.25) is 0 Å². The Labute approximate surface area is 123 Å². The van der Waals surface area contributed by atoms with Crippen molar-refractivity contribution in [1.82, 2.24) is 0 Å². The van der Waals surface area contributed by atoms with Crippen LogP contribution in [0.15, 0.2) is 42.5 Å². The van der Waals surface area contributed by atoms with Crippen molar-refractivity contribution >= 4 is 0 Å². The van der Waals surface area contributed by atoms with Crippen LogP contribution in [0.2, 0.25) is 0 Å². The molecule has 0 heterocycles. The minimum atomic E-state index is -0.566. The Kier molecular flexibility index (Phi) is 5.28. The van der Waals surface area contributed by atoms with Crippen LogP contribution in [-0.4, -0.2) is 6.61 Å². The Morgan fingerprint density at radius 2 is 1.76 bits per heavy atom. The third-order valence-corrected chi connectivity index (χ3v) is 3.24. The Morgan fingerprint density at radius 3 is 2.43 bits per heavy atom. The first kappa shape index (κ1) is 15.4. The van der Waals surface area contributed by atoms with Crippen molar-refractivity contribution in [3.8, 4) is 5.75 Å². The molecule has 112 valence electrons. The molecule has 0 saturated heterocycles. The van der Waals surface area contributed by atoms with Crippen molar-refractivity contribution in [3.05, 3.63) is 65.2 Å². The molecule has 21 heavy (non-hydrogen) atoms. The largest absolute Gasteiger partial charge is 0.494 e. The SMILES string of the molecule is CCCOc1cccc(C(N)Cc2c(F)cccc2F)c1. The van der Waals surface area contributed by atoms with E-state index in [2.05, 4.69) is 0 Å². The summed E-state index contributed by atoms with van der Waals surface area (Å²) < 4.78 is 32.8. The van der Waals surface area contributed by atoms with E-state index in [-0.39, 0.29) is 12.0 Å². The van der Waals surface area contributed by atoms with Gasteiger partial charge in [-0.15, -0.1) is 0 Å². The normalized spacial score (nSPS) is 12.2. The molecule has 2 aromatic carbocycles. The number of ether oxygens (including phenoxy) is 1.